The molecule has 1 heterocycles. The third kappa shape index (κ3) is 5.86. The van der Waals surface area contributed by atoms with Gasteiger partial charge in [-0.1, -0.05) is 12.1 Å². The van der Waals surface area contributed by atoms with Crippen molar-refractivity contribution in [2.45, 2.75) is 24.5 Å². The van der Waals surface area contributed by atoms with Gasteiger partial charge in [0.2, 0.25) is 17.8 Å². The number of thioether (sulfide) groups is 1. The molecule has 1 aromatic carbocycles. The van der Waals surface area contributed by atoms with Crippen LogP contribution in [-0.2, 0) is 17.1 Å². The number of carbonyl (C=O) groups excluding carboxylic acids is 1. The molecule has 1 atom stereocenters. The number of carbonyl (C=O) groups is 1. The van der Waals surface area contributed by atoms with Crippen molar-refractivity contribution in [1.29, 1.82) is 0 Å². The molecular formula is C16H21FN6OS. The summed E-state index contributed by atoms with van der Waals surface area (Å²) < 4.78 is 12.9. The van der Waals surface area contributed by atoms with Crippen LogP contribution in [0, 0.1) is 5.82 Å². The Morgan fingerprint density at radius 3 is 2.60 bits per heavy atom. The largest absolute Gasteiger partial charge is 0.368 e. The zero-order valence-corrected chi connectivity index (χ0v) is 15.2. The number of nitrogens with zero attached hydrogens (tertiary/aromatic N) is 4. The topological polar surface area (TPSA) is 97.0 Å². The number of halogens is 1. The highest BCUT2D eigenvalue weighted by molar-refractivity contribution is 7.99. The Hall–Kier alpha value is -2.42. The van der Waals surface area contributed by atoms with Crippen molar-refractivity contribution >= 4 is 29.6 Å². The van der Waals surface area contributed by atoms with Crippen LogP contribution in [0.1, 0.15) is 18.3 Å². The van der Waals surface area contributed by atoms with E-state index in [-0.39, 0.29) is 22.9 Å². The van der Waals surface area contributed by atoms with Crippen LogP contribution in [-0.4, -0.2) is 40.2 Å². The van der Waals surface area contributed by atoms with Crippen molar-refractivity contribution in [3.05, 3.63) is 41.5 Å². The molecule has 2 rings (SSSR count). The molecular weight excluding hydrogens is 343 g/mol. The second-order valence-electron chi connectivity index (χ2n) is 5.60. The molecule has 0 radical (unpaired) electrons. The molecule has 1 aromatic heterocycles. The lowest BCUT2D eigenvalue weighted by Crippen LogP contribution is -2.30. The summed E-state index contributed by atoms with van der Waals surface area (Å²) in [4.78, 5) is 26.3. The van der Waals surface area contributed by atoms with E-state index in [0.29, 0.717) is 24.1 Å². The average molecular weight is 364 g/mol. The van der Waals surface area contributed by atoms with E-state index in [0.717, 1.165) is 5.56 Å². The van der Waals surface area contributed by atoms with Crippen molar-refractivity contribution in [2.24, 2.45) is 0 Å². The van der Waals surface area contributed by atoms with Gasteiger partial charge in [0.15, 0.2) is 0 Å². The zero-order valence-electron chi connectivity index (χ0n) is 14.4. The van der Waals surface area contributed by atoms with Crippen LogP contribution < -0.4 is 16.0 Å². The van der Waals surface area contributed by atoms with Crippen LogP contribution >= 0.6 is 11.8 Å². The molecule has 0 aliphatic heterocycles. The van der Waals surface area contributed by atoms with Crippen LogP contribution in [0.4, 0.5) is 16.3 Å². The maximum atomic E-state index is 12.9. The lowest BCUT2D eigenvalue weighted by molar-refractivity contribution is -0.120. The minimum absolute atomic E-state index is 0.107. The Bertz CT molecular complexity index is 725. The van der Waals surface area contributed by atoms with Crippen molar-refractivity contribution in [2.75, 3.05) is 24.7 Å². The molecule has 0 aliphatic rings. The van der Waals surface area contributed by atoms with Crippen molar-refractivity contribution in [3.63, 3.8) is 0 Å². The maximum absolute atomic E-state index is 12.9. The summed E-state index contributed by atoms with van der Waals surface area (Å²) in [6.45, 7) is 2.16. The van der Waals surface area contributed by atoms with E-state index in [2.05, 4.69) is 20.3 Å². The van der Waals surface area contributed by atoms with Gasteiger partial charge in [-0.05, 0) is 24.6 Å². The predicted molar refractivity (Wildman–Crippen MR) is 97.6 cm³/mol. The summed E-state index contributed by atoms with van der Waals surface area (Å²) >= 11 is 1.41. The second kappa shape index (κ2) is 8.61. The first-order chi connectivity index (χ1) is 11.8. The molecule has 0 spiro atoms. The molecule has 134 valence electrons. The Kier molecular flexibility index (Phi) is 6.51. The van der Waals surface area contributed by atoms with Crippen LogP contribution in [0.5, 0.6) is 0 Å². The normalized spacial score (nSPS) is 11.8. The first-order valence-corrected chi connectivity index (χ1v) is 8.71. The van der Waals surface area contributed by atoms with Gasteiger partial charge in [-0.3, -0.25) is 4.79 Å². The minimum Gasteiger partial charge on any atom is -0.368 e. The summed E-state index contributed by atoms with van der Waals surface area (Å²) in [5.74, 6) is 1.20. The van der Waals surface area contributed by atoms with E-state index in [1.165, 1.54) is 23.9 Å². The monoisotopic (exact) mass is 364 g/mol. The molecule has 0 bridgehead atoms. The summed E-state index contributed by atoms with van der Waals surface area (Å²) in [6.07, 6.45) is 0. The summed E-state index contributed by atoms with van der Waals surface area (Å²) in [5, 5.41) is 2.54. The standard InChI is InChI=1S/C16H21FN6OS/c1-10(14(24)19-8-11-4-6-12(17)7-5-11)25-9-13-20-15(18)22-16(21-13)23(2)3/h4-7,10H,8-9H2,1-3H3,(H,19,24)(H2,18,20,21,22)/t10-/m1/s1. The molecule has 2 aromatic rings. The van der Waals surface area contributed by atoms with E-state index in [4.69, 9.17) is 5.73 Å². The van der Waals surface area contributed by atoms with Gasteiger partial charge in [-0.2, -0.15) is 15.0 Å². The van der Waals surface area contributed by atoms with Crippen molar-refractivity contribution < 1.29 is 9.18 Å². The molecule has 3 N–H and O–H groups in total. The lowest BCUT2D eigenvalue weighted by atomic mass is 10.2. The van der Waals surface area contributed by atoms with Gasteiger partial charge in [0, 0.05) is 20.6 Å². The zero-order chi connectivity index (χ0) is 18.4. The number of anilines is 2. The van der Waals surface area contributed by atoms with Gasteiger partial charge < -0.3 is 16.0 Å². The quantitative estimate of drug-likeness (QED) is 0.770. The number of nitrogens with two attached hydrogens (primary N) is 1. The van der Waals surface area contributed by atoms with E-state index < -0.39 is 0 Å². The highest BCUT2D eigenvalue weighted by Gasteiger charge is 2.15. The summed E-state index contributed by atoms with van der Waals surface area (Å²) in [5.41, 5.74) is 6.52. The fourth-order valence-electron chi connectivity index (χ4n) is 1.90. The third-order valence-electron chi connectivity index (χ3n) is 3.30. The van der Waals surface area contributed by atoms with E-state index in [9.17, 15) is 9.18 Å². The van der Waals surface area contributed by atoms with Gasteiger partial charge in [0.1, 0.15) is 11.6 Å². The summed E-state index contributed by atoms with van der Waals surface area (Å²) in [6, 6.07) is 6.02. The number of rotatable bonds is 7. The molecule has 0 saturated carbocycles. The molecule has 0 fully saturated rings. The second-order valence-corrected chi connectivity index (χ2v) is 6.93. The predicted octanol–water partition coefficient (Wildman–Crippen LogP) is 1.60. The first-order valence-electron chi connectivity index (χ1n) is 7.66. The number of amides is 1. The van der Waals surface area contributed by atoms with Gasteiger partial charge in [-0.25, -0.2) is 4.39 Å². The fraction of sp³-hybridized carbons (Fsp3) is 0.375. The van der Waals surface area contributed by atoms with E-state index >= 15 is 0 Å². The fourth-order valence-corrected chi connectivity index (χ4v) is 2.66. The third-order valence-corrected chi connectivity index (χ3v) is 4.44. The maximum Gasteiger partial charge on any atom is 0.233 e. The smallest absolute Gasteiger partial charge is 0.233 e. The number of hydrogen-bond acceptors (Lipinski definition) is 7. The highest BCUT2D eigenvalue weighted by Crippen LogP contribution is 2.17. The number of nitrogen functional groups attached to an aromatic ring is 1. The van der Waals surface area contributed by atoms with Crippen LogP contribution in [0.3, 0.4) is 0 Å². The average Bonchev–Trinajstić information content (AvgIpc) is 2.58. The van der Waals surface area contributed by atoms with Crippen LogP contribution in [0.25, 0.3) is 0 Å². The molecule has 0 aliphatic carbocycles. The molecule has 1 amide bonds. The molecule has 25 heavy (non-hydrogen) atoms. The molecule has 7 nitrogen and oxygen atoms in total. The first kappa shape index (κ1) is 18.9. The molecule has 0 unspecified atom stereocenters. The lowest BCUT2D eigenvalue weighted by Gasteiger charge is -2.13. The molecule has 9 heteroatoms. The van der Waals surface area contributed by atoms with Gasteiger partial charge >= 0.3 is 0 Å². The minimum atomic E-state index is -0.298. The van der Waals surface area contributed by atoms with Gasteiger partial charge in [-0.15, -0.1) is 11.8 Å². The van der Waals surface area contributed by atoms with Gasteiger partial charge in [0.05, 0.1) is 11.0 Å². The van der Waals surface area contributed by atoms with Crippen molar-refractivity contribution in [1.82, 2.24) is 20.3 Å². The van der Waals surface area contributed by atoms with Crippen molar-refractivity contribution in [3.8, 4) is 0 Å². The molecule has 0 saturated heterocycles. The number of hydrogen-bond donors (Lipinski definition) is 2. The number of aromatic nitrogens is 3. The van der Waals surface area contributed by atoms with E-state index in [1.54, 1.807) is 17.0 Å². The Labute approximate surface area is 150 Å². The SMILES string of the molecule is C[C@@H](SCc1nc(N)nc(N(C)C)n1)C(=O)NCc1ccc(F)cc1. The van der Waals surface area contributed by atoms with E-state index in [1.807, 2.05) is 21.0 Å². The number of nitrogens with one attached hydrogen (secondary N) is 1. The highest BCUT2D eigenvalue weighted by atomic mass is 32.2. The Morgan fingerprint density at radius 2 is 1.96 bits per heavy atom. The Balaban J connectivity index is 1.85. The van der Waals surface area contributed by atoms with Gasteiger partial charge in [0.25, 0.3) is 0 Å². The van der Waals surface area contributed by atoms with Crippen LogP contribution in [0.15, 0.2) is 24.3 Å². The Morgan fingerprint density at radius 1 is 1.28 bits per heavy atom. The van der Waals surface area contributed by atoms with Crippen LogP contribution in [0.2, 0.25) is 0 Å². The summed E-state index contributed by atoms with van der Waals surface area (Å²) in [7, 11) is 3.63. The number of benzene rings is 1.